The van der Waals surface area contributed by atoms with Crippen molar-refractivity contribution in [2.45, 2.75) is 37.9 Å². The molecule has 1 saturated carbocycles. The first-order valence-corrected chi connectivity index (χ1v) is 13.4. The highest BCUT2D eigenvalue weighted by molar-refractivity contribution is 5.88. The monoisotopic (exact) mass is 544 g/mol. The Morgan fingerprint density at radius 3 is 2.35 bits per heavy atom. The molecule has 208 valence electrons. The molecule has 2 fully saturated rings. The lowest BCUT2D eigenvalue weighted by Gasteiger charge is -2.43. The third kappa shape index (κ3) is 6.51. The third-order valence-corrected chi connectivity index (χ3v) is 7.32. The fourth-order valence-corrected chi connectivity index (χ4v) is 5.13. The Labute approximate surface area is 232 Å². The Kier molecular flexibility index (Phi) is 8.14. The number of amides is 2. The largest absolute Gasteiger partial charge is 0.497 e. The van der Waals surface area contributed by atoms with Crippen LogP contribution in [0.4, 0.5) is 5.69 Å². The van der Waals surface area contributed by atoms with E-state index in [0.717, 1.165) is 29.8 Å². The van der Waals surface area contributed by atoms with Gasteiger partial charge in [0.05, 0.1) is 20.1 Å². The summed E-state index contributed by atoms with van der Waals surface area (Å²) in [5.74, 6) is 0.647. The van der Waals surface area contributed by atoms with Crippen molar-refractivity contribution >= 4 is 17.5 Å². The van der Waals surface area contributed by atoms with Crippen LogP contribution in [-0.4, -0.2) is 65.5 Å². The number of ether oxygens (including phenoxy) is 1. The van der Waals surface area contributed by atoms with Crippen molar-refractivity contribution < 1.29 is 24.3 Å². The summed E-state index contributed by atoms with van der Waals surface area (Å²) in [6.45, 7) is 1.70. The summed E-state index contributed by atoms with van der Waals surface area (Å²) in [5.41, 5.74) is 2.57. The minimum Gasteiger partial charge on any atom is -0.497 e. The van der Waals surface area contributed by atoms with Crippen molar-refractivity contribution in [1.29, 1.82) is 0 Å². The van der Waals surface area contributed by atoms with Gasteiger partial charge in [0.15, 0.2) is 0 Å². The maximum absolute atomic E-state index is 14.2. The molecule has 0 aromatic heterocycles. The molecular weight excluding hydrogens is 512 g/mol. The molecule has 0 N–H and O–H groups in total. The number of carbonyl (C=O) groups excluding carboxylic acids is 2. The number of benzene rings is 3. The van der Waals surface area contributed by atoms with Gasteiger partial charge in [-0.1, -0.05) is 42.5 Å². The normalized spacial score (nSPS) is 16.8. The summed E-state index contributed by atoms with van der Waals surface area (Å²) in [7, 11) is 1.61. The minimum atomic E-state index is -0.878. The van der Waals surface area contributed by atoms with Crippen molar-refractivity contribution in [1.82, 2.24) is 9.80 Å². The Balaban J connectivity index is 1.37. The van der Waals surface area contributed by atoms with E-state index in [9.17, 15) is 19.7 Å². The number of methoxy groups -OCH3 is 1. The van der Waals surface area contributed by atoms with E-state index in [0.29, 0.717) is 25.2 Å². The molecule has 3 aromatic carbocycles. The first-order valence-electron chi connectivity index (χ1n) is 13.4. The molecule has 1 aliphatic heterocycles. The molecule has 10 nitrogen and oxygen atoms in total. The van der Waals surface area contributed by atoms with Crippen LogP contribution in [0, 0.1) is 10.1 Å². The summed E-state index contributed by atoms with van der Waals surface area (Å²) >= 11 is 0. The fraction of sp³-hybridized carbons (Fsp3) is 0.333. The van der Waals surface area contributed by atoms with E-state index >= 15 is 0 Å². The van der Waals surface area contributed by atoms with Crippen LogP contribution in [0.25, 0.3) is 0 Å². The van der Waals surface area contributed by atoms with Gasteiger partial charge in [-0.05, 0) is 60.4 Å². The van der Waals surface area contributed by atoms with Crippen molar-refractivity contribution in [3.05, 3.63) is 100 Å². The smallest absolute Gasteiger partial charge is 0.299 e. The molecule has 40 heavy (non-hydrogen) atoms. The van der Waals surface area contributed by atoms with Crippen LogP contribution < -0.4 is 14.5 Å². The highest BCUT2D eigenvalue weighted by Gasteiger charge is 2.41. The molecule has 0 radical (unpaired) electrons. The predicted octanol–water partition coefficient (Wildman–Crippen LogP) is 3.72. The van der Waals surface area contributed by atoms with Gasteiger partial charge >= 0.3 is 0 Å². The zero-order valence-electron chi connectivity index (χ0n) is 22.3. The summed E-state index contributed by atoms with van der Waals surface area (Å²) in [4.78, 5) is 48.6. The van der Waals surface area contributed by atoms with Gasteiger partial charge in [-0.2, -0.15) is 0 Å². The van der Waals surface area contributed by atoms with Crippen LogP contribution in [0.5, 0.6) is 11.5 Å². The lowest BCUT2D eigenvalue weighted by Crippen LogP contribution is -2.61. The number of hydrogen-bond donors (Lipinski definition) is 0. The standard InChI is InChI=1S/C30H32N4O6/c1-39-26-14-12-24(13-15-26)32-17-16-31(29(35)19-23-8-5-9-27(18-23)40-34(37)38)21-28(32)30(36)33(25-10-11-25)20-22-6-3-2-4-7-22/h2-9,12-15,18,25,28H,10-11,16-17,19-21H2,1H3/t28-/m1/s1. The topological polar surface area (TPSA) is 105 Å². The van der Waals surface area contributed by atoms with E-state index in [1.807, 2.05) is 59.5 Å². The van der Waals surface area contributed by atoms with E-state index in [2.05, 4.69) is 9.74 Å². The third-order valence-electron chi connectivity index (χ3n) is 7.32. The SMILES string of the molecule is COc1ccc(N2CCN(C(=O)Cc3cccc(O[N+](=O)[O-])c3)C[C@@H]2C(=O)N(Cc2ccccc2)C2CC2)cc1. The van der Waals surface area contributed by atoms with Gasteiger partial charge in [-0.15, -0.1) is 10.1 Å². The average Bonchev–Trinajstić information content (AvgIpc) is 3.81. The molecule has 2 aliphatic rings. The number of nitrogens with zero attached hydrogens (tertiary/aromatic N) is 4. The van der Waals surface area contributed by atoms with Gasteiger partial charge < -0.3 is 19.4 Å². The molecule has 1 aliphatic carbocycles. The first kappa shape index (κ1) is 27.0. The van der Waals surface area contributed by atoms with E-state index in [4.69, 9.17) is 4.74 Å². The molecule has 3 aromatic rings. The Bertz CT molecular complexity index is 1350. The summed E-state index contributed by atoms with van der Waals surface area (Å²) in [6, 6.07) is 23.5. The fourth-order valence-electron chi connectivity index (χ4n) is 5.13. The van der Waals surface area contributed by atoms with Gasteiger partial charge in [0.1, 0.15) is 17.5 Å². The molecule has 0 unspecified atom stereocenters. The Hall–Kier alpha value is -4.60. The molecule has 0 bridgehead atoms. The van der Waals surface area contributed by atoms with Gasteiger partial charge in [0, 0.05) is 31.4 Å². The molecule has 1 heterocycles. The van der Waals surface area contributed by atoms with Crippen LogP contribution in [0.3, 0.4) is 0 Å². The van der Waals surface area contributed by atoms with Gasteiger partial charge in [0.2, 0.25) is 11.8 Å². The second-order valence-corrected chi connectivity index (χ2v) is 10.1. The second-order valence-electron chi connectivity index (χ2n) is 10.1. The Morgan fingerprint density at radius 1 is 0.950 bits per heavy atom. The van der Waals surface area contributed by atoms with Crippen molar-refractivity contribution in [3.63, 3.8) is 0 Å². The second kappa shape index (κ2) is 12.1. The summed E-state index contributed by atoms with van der Waals surface area (Å²) < 4.78 is 5.32. The summed E-state index contributed by atoms with van der Waals surface area (Å²) in [5, 5.41) is 9.84. The van der Waals surface area contributed by atoms with Crippen LogP contribution >= 0.6 is 0 Å². The number of piperazine rings is 1. The van der Waals surface area contributed by atoms with E-state index in [1.54, 1.807) is 24.1 Å². The molecule has 10 heteroatoms. The van der Waals surface area contributed by atoms with Crippen LogP contribution in [0.2, 0.25) is 0 Å². The highest BCUT2D eigenvalue weighted by atomic mass is 17.0. The highest BCUT2D eigenvalue weighted by Crippen LogP contribution is 2.32. The minimum absolute atomic E-state index is 0.000974. The maximum atomic E-state index is 14.2. The molecule has 5 rings (SSSR count). The maximum Gasteiger partial charge on any atom is 0.299 e. The van der Waals surface area contributed by atoms with E-state index < -0.39 is 11.1 Å². The lowest BCUT2D eigenvalue weighted by molar-refractivity contribution is -0.711. The molecule has 2 amide bonds. The van der Waals surface area contributed by atoms with Crippen molar-refractivity contribution in [3.8, 4) is 11.5 Å². The molecule has 1 saturated heterocycles. The zero-order valence-corrected chi connectivity index (χ0v) is 22.3. The summed E-state index contributed by atoms with van der Waals surface area (Å²) in [6.07, 6.45) is 1.99. The number of rotatable bonds is 10. The van der Waals surface area contributed by atoms with Gasteiger partial charge in [-0.3, -0.25) is 14.4 Å². The van der Waals surface area contributed by atoms with Crippen molar-refractivity contribution in [2.24, 2.45) is 0 Å². The first-order chi connectivity index (χ1) is 19.4. The number of anilines is 1. The van der Waals surface area contributed by atoms with E-state index in [-0.39, 0.29) is 36.6 Å². The Morgan fingerprint density at radius 2 is 1.68 bits per heavy atom. The van der Waals surface area contributed by atoms with Crippen LogP contribution in [0.15, 0.2) is 78.9 Å². The van der Waals surface area contributed by atoms with Crippen LogP contribution in [-0.2, 0) is 22.6 Å². The van der Waals surface area contributed by atoms with E-state index in [1.165, 1.54) is 12.1 Å². The molecular formula is C30H32N4O6. The number of hydrogen-bond acceptors (Lipinski definition) is 7. The lowest BCUT2D eigenvalue weighted by atomic mass is 10.1. The average molecular weight is 545 g/mol. The van der Waals surface area contributed by atoms with Gasteiger partial charge in [-0.25, -0.2) is 0 Å². The molecule has 1 atom stereocenters. The van der Waals surface area contributed by atoms with Gasteiger partial charge in [0.25, 0.3) is 5.09 Å². The van der Waals surface area contributed by atoms with Crippen LogP contribution in [0.1, 0.15) is 24.0 Å². The quantitative estimate of drug-likeness (QED) is 0.283. The zero-order chi connectivity index (χ0) is 28.1. The molecule has 0 spiro atoms. The number of carbonyl (C=O) groups is 2. The predicted molar refractivity (Wildman–Crippen MR) is 148 cm³/mol. The van der Waals surface area contributed by atoms with Crippen molar-refractivity contribution in [2.75, 3.05) is 31.6 Å².